The third kappa shape index (κ3) is 2.42. The molecule has 0 radical (unpaired) electrons. The second-order valence-electron chi connectivity index (χ2n) is 2.83. The van der Waals surface area contributed by atoms with Gasteiger partial charge in [0.2, 0.25) is 0 Å². The first kappa shape index (κ1) is 10.4. The van der Waals surface area contributed by atoms with Crippen molar-refractivity contribution in [3.8, 4) is 0 Å². The van der Waals surface area contributed by atoms with Crippen LogP contribution in [0.3, 0.4) is 0 Å². The monoisotopic (exact) mass is 201 g/mol. The van der Waals surface area contributed by atoms with Crippen LogP contribution in [0.5, 0.6) is 0 Å². The van der Waals surface area contributed by atoms with Crippen molar-refractivity contribution >= 4 is 11.7 Å². The summed E-state index contributed by atoms with van der Waals surface area (Å²) in [4.78, 5) is 10.4. The lowest BCUT2D eigenvalue weighted by Crippen LogP contribution is -2.25. The van der Waals surface area contributed by atoms with Gasteiger partial charge in [-0.05, 0) is 19.1 Å². The van der Waals surface area contributed by atoms with Gasteiger partial charge < -0.3 is 10.4 Å². The van der Waals surface area contributed by atoms with Crippen LogP contribution in [0.4, 0.5) is 14.5 Å². The van der Waals surface area contributed by atoms with Crippen molar-refractivity contribution in [3.05, 3.63) is 29.8 Å². The molecule has 2 N–H and O–H groups in total. The molecule has 0 aliphatic heterocycles. The van der Waals surface area contributed by atoms with Crippen molar-refractivity contribution in [2.45, 2.75) is 13.0 Å². The Bertz CT molecular complexity index is 355. The van der Waals surface area contributed by atoms with Crippen LogP contribution in [-0.4, -0.2) is 17.1 Å². The summed E-state index contributed by atoms with van der Waals surface area (Å²) < 4.78 is 25.4. The molecule has 1 rings (SSSR count). The third-order valence-corrected chi connectivity index (χ3v) is 1.67. The van der Waals surface area contributed by atoms with E-state index in [1.807, 2.05) is 0 Å². The van der Waals surface area contributed by atoms with Crippen LogP contribution in [0.15, 0.2) is 18.2 Å². The Labute approximate surface area is 79.4 Å². The van der Waals surface area contributed by atoms with Gasteiger partial charge in [-0.2, -0.15) is 0 Å². The molecule has 0 heterocycles. The number of halogens is 2. The van der Waals surface area contributed by atoms with Gasteiger partial charge in [-0.15, -0.1) is 0 Å². The van der Waals surface area contributed by atoms with E-state index in [0.29, 0.717) is 6.07 Å². The molecule has 0 saturated carbocycles. The van der Waals surface area contributed by atoms with Crippen LogP contribution in [0.1, 0.15) is 6.92 Å². The number of nitrogens with one attached hydrogen (secondary N) is 1. The molecule has 0 saturated heterocycles. The number of carboxylic acids is 1. The van der Waals surface area contributed by atoms with Crippen molar-refractivity contribution in [1.29, 1.82) is 0 Å². The minimum atomic E-state index is -1.10. The van der Waals surface area contributed by atoms with Crippen molar-refractivity contribution in [1.82, 2.24) is 0 Å². The summed E-state index contributed by atoms with van der Waals surface area (Å²) in [6.07, 6.45) is 0. The van der Waals surface area contributed by atoms with Gasteiger partial charge in [-0.1, -0.05) is 0 Å². The van der Waals surface area contributed by atoms with Crippen molar-refractivity contribution in [3.63, 3.8) is 0 Å². The Kier molecular flexibility index (Phi) is 3.01. The number of hydrogen-bond donors (Lipinski definition) is 2. The molecule has 0 aliphatic carbocycles. The van der Waals surface area contributed by atoms with E-state index in [4.69, 9.17) is 5.11 Å². The van der Waals surface area contributed by atoms with Crippen molar-refractivity contribution in [2.75, 3.05) is 5.32 Å². The highest BCUT2D eigenvalue weighted by Gasteiger charge is 2.12. The number of aliphatic carboxylic acids is 1. The number of hydrogen-bond acceptors (Lipinski definition) is 2. The average Bonchev–Trinajstić information content (AvgIpc) is 2.09. The summed E-state index contributed by atoms with van der Waals surface area (Å²) >= 11 is 0. The molecule has 1 aromatic carbocycles. The lowest BCUT2D eigenvalue weighted by molar-refractivity contribution is -0.137. The predicted molar refractivity (Wildman–Crippen MR) is 47.1 cm³/mol. The van der Waals surface area contributed by atoms with E-state index in [0.717, 1.165) is 12.1 Å². The number of benzene rings is 1. The van der Waals surface area contributed by atoms with Crippen LogP contribution in [-0.2, 0) is 4.79 Å². The average molecular weight is 201 g/mol. The van der Waals surface area contributed by atoms with Gasteiger partial charge in [0.1, 0.15) is 17.7 Å². The van der Waals surface area contributed by atoms with Gasteiger partial charge in [0.05, 0.1) is 5.69 Å². The van der Waals surface area contributed by atoms with Gasteiger partial charge >= 0.3 is 5.97 Å². The standard InChI is InChI=1S/C9H9F2NO2/c1-5(9(13)14)12-8-3-2-6(10)4-7(8)11/h2-5,12H,1H3,(H,13,14)/t5-/m1/s1. The van der Waals surface area contributed by atoms with E-state index >= 15 is 0 Å². The van der Waals surface area contributed by atoms with Gasteiger partial charge in [0, 0.05) is 6.07 Å². The topological polar surface area (TPSA) is 49.3 Å². The van der Waals surface area contributed by atoms with Crippen molar-refractivity contribution in [2.24, 2.45) is 0 Å². The van der Waals surface area contributed by atoms with Gasteiger partial charge in [-0.25, -0.2) is 8.78 Å². The van der Waals surface area contributed by atoms with E-state index < -0.39 is 23.6 Å². The highest BCUT2D eigenvalue weighted by atomic mass is 19.1. The van der Waals surface area contributed by atoms with Crippen LogP contribution >= 0.6 is 0 Å². The molecular formula is C9H9F2NO2. The van der Waals surface area contributed by atoms with Gasteiger partial charge in [0.25, 0.3) is 0 Å². The SMILES string of the molecule is C[C@@H](Nc1ccc(F)cc1F)C(=O)O. The lowest BCUT2D eigenvalue weighted by atomic mass is 10.2. The molecule has 1 aromatic rings. The Morgan fingerprint density at radius 3 is 2.64 bits per heavy atom. The fraction of sp³-hybridized carbons (Fsp3) is 0.222. The van der Waals surface area contributed by atoms with E-state index in [1.165, 1.54) is 6.92 Å². The fourth-order valence-electron chi connectivity index (χ4n) is 0.902. The summed E-state index contributed by atoms with van der Waals surface area (Å²) in [5.41, 5.74) is -0.0266. The number of anilines is 1. The highest BCUT2D eigenvalue weighted by Crippen LogP contribution is 2.15. The van der Waals surface area contributed by atoms with E-state index in [2.05, 4.69) is 5.32 Å². The Balaban J connectivity index is 2.82. The third-order valence-electron chi connectivity index (χ3n) is 1.67. The summed E-state index contributed by atoms with van der Waals surface area (Å²) in [7, 11) is 0. The van der Waals surface area contributed by atoms with Gasteiger partial charge in [-0.3, -0.25) is 4.79 Å². The van der Waals surface area contributed by atoms with Crippen LogP contribution in [0.2, 0.25) is 0 Å². The lowest BCUT2D eigenvalue weighted by Gasteiger charge is -2.11. The molecule has 0 aliphatic rings. The predicted octanol–water partition coefficient (Wildman–Crippen LogP) is 1.85. The first-order valence-electron chi connectivity index (χ1n) is 3.95. The molecule has 3 nitrogen and oxygen atoms in total. The number of carbonyl (C=O) groups is 1. The smallest absolute Gasteiger partial charge is 0.325 e. The zero-order valence-electron chi connectivity index (χ0n) is 7.42. The first-order chi connectivity index (χ1) is 6.50. The Hall–Kier alpha value is -1.65. The van der Waals surface area contributed by atoms with E-state index in [1.54, 1.807) is 0 Å². The minimum absolute atomic E-state index is 0.0266. The second kappa shape index (κ2) is 4.04. The second-order valence-corrected chi connectivity index (χ2v) is 2.83. The Morgan fingerprint density at radius 1 is 1.50 bits per heavy atom. The molecule has 0 bridgehead atoms. The molecular weight excluding hydrogens is 192 g/mol. The van der Waals surface area contributed by atoms with Crippen LogP contribution in [0.25, 0.3) is 0 Å². The quantitative estimate of drug-likeness (QED) is 0.784. The zero-order valence-corrected chi connectivity index (χ0v) is 7.42. The highest BCUT2D eigenvalue weighted by molar-refractivity contribution is 5.76. The van der Waals surface area contributed by atoms with Gasteiger partial charge in [0.15, 0.2) is 0 Å². The minimum Gasteiger partial charge on any atom is -0.480 e. The summed E-state index contributed by atoms with van der Waals surface area (Å²) in [6.45, 7) is 1.37. The number of rotatable bonds is 3. The summed E-state index contributed by atoms with van der Waals surface area (Å²) in [5, 5.41) is 10.9. The largest absolute Gasteiger partial charge is 0.480 e. The molecule has 5 heteroatoms. The van der Waals surface area contributed by atoms with E-state index in [-0.39, 0.29) is 5.69 Å². The molecule has 14 heavy (non-hydrogen) atoms. The van der Waals surface area contributed by atoms with Crippen LogP contribution in [0, 0.1) is 11.6 Å². The first-order valence-corrected chi connectivity index (χ1v) is 3.95. The maximum atomic E-state index is 13.0. The molecule has 1 atom stereocenters. The fourth-order valence-corrected chi connectivity index (χ4v) is 0.902. The number of carboxylic acid groups (broad SMARTS) is 1. The van der Waals surface area contributed by atoms with Crippen LogP contribution < -0.4 is 5.32 Å². The molecule has 0 unspecified atom stereocenters. The zero-order chi connectivity index (χ0) is 10.7. The Morgan fingerprint density at radius 2 is 2.14 bits per heavy atom. The molecule has 0 fully saturated rings. The summed E-state index contributed by atoms with van der Waals surface area (Å²) in [5.74, 6) is -2.61. The normalized spacial score (nSPS) is 12.2. The maximum Gasteiger partial charge on any atom is 0.325 e. The summed E-state index contributed by atoms with van der Waals surface area (Å²) in [6, 6.07) is 1.98. The molecule has 76 valence electrons. The molecule has 0 aromatic heterocycles. The van der Waals surface area contributed by atoms with E-state index in [9.17, 15) is 13.6 Å². The molecule has 0 spiro atoms. The maximum absolute atomic E-state index is 13.0. The molecule has 0 amide bonds. The van der Waals surface area contributed by atoms with Crippen molar-refractivity contribution < 1.29 is 18.7 Å².